The lowest BCUT2D eigenvalue weighted by molar-refractivity contribution is -0.159. The van der Waals surface area contributed by atoms with Crippen molar-refractivity contribution in [3.05, 3.63) is 59.4 Å². The molecule has 0 radical (unpaired) electrons. The molecule has 0 N–H and O–H groups in total. The molecular weight excluding hydrogens is 358 g/mol. The number of allylic oxidation sites excluding steroid dienone is 1. The first-order valence-electron chi connectivity index (χ1n) is 9.40. The lowest BCUT2D eigenvalue weighted by Gasteiger charge is -2.34. The van der Waals surface area contributed by atoms with Crippen LogP contribution >= 0.6 is 0 Å². The fraction of sp³-hybridized carbons (Fsp3) is 0.455. The zero-order valence-electron chi connectivity index (χ0n) is 16.8. The van der Waals surface area contributed by atoms with Crippen LogP contribution in [0.2, 0.25) is 0 Å². The van der Waals surface area contributed by atoms with Gasteiger partial charge in [-0.25, -0.2) is 4.79 Å². The maximum Gasteiger partial charge on any atom is 0.337 e. The third-order valence-electron chi connectivity index (χ3n) is 4.65. The second-order valence-electron chi connectivity index (χ2n) is 7.88. The Kier molecular flexibility index (Phi) is 6.19. The molecule has 0 spiro atoms. The number of oxime groups is 1. The number of hydrogen-bond donors (Lipinski definition) is 0. The molecule has 0 amide bonds. The van der Waals surface area contributed by atoms with Crippen LogP contribution in [0, 0.1) is 11.8 Å². The van der Waals surface area contributed by atoms with Crippen molar-refractivity contribution in [1.29, 1.82) is 0 Å². The maximum atomic E-state index is 12.2. The summed E-state index contributed by atoms with van der Waals surface area (Å²) in [7, 11) is 1.37. The Morgan fingerprint density at radius 1 is 1.29 bits per heavy atom. The highest BCUT2D eigenvalue weighted by molar-refractivity contribution is 5.90. The molecule has 3 atom stereocenters. The molecule has 0 saturated carbocycles. The lowest BCUT2D eigenvalue weighted by Crippen LogP contribution is -2.37. The van der Waals surface area contributed by atoms with Gasteiger partial charge in [0.1, 0.15) is 5.60 Å². The van der Waals surface area contributed by atoms with E-state index in [2.05, 4.69) is 11.2 Å². The van der Waals surface area contributed by atoms with E-state index in [0.29, 0.717) is 18.6 Å². The van der Waals surface area contributed by atoms with E-state index in [-0.39, 0.29) is 23.4 Å². The minimum atomic E-state index is -0.520. The Labute approximate surface area is 165 Å². The van der Waals surface area contributed by atoms with Crippen LogP contribution in [-0.2, 0) is 30.4 Å². The molecule has 0 fully saturated rings. The molecule has 1 heterocycles. The number of nitrogens with zero attached hydrogens (tertiary/aromatic N) is 1. The zero-order chi connectivity index (χ0) is 20.1. The standard InChI is InChI=1S/C22H27NO5/c1-22(2,3)28-23-12-16-10-11-17-18(20(24)25-4)14-27-21(19(16)17)26-13-15-8-6-5-7-9-15/h5-10,12,14,17,19,21H,11,13H2,1-4H3/b23-12+. The Hall–Kier alpha value is -2.60. The van der Waals surface area contributed by atoms with Crippen molar-refractivity contribution in [3.63, 3.8) is 0 Å². The number of carbonyl (C=O) groups excluding carboxylic acids is 1. The molecule has 2 aliphatic rings. The van der Waals surface area contributed by atoms with Crippen LogP contribution in [-0.4, -0.2) is 31.2 Å². The van der Waals surface area contributed by atoms with Gasteiger partial charge in [-0.15, -0.1) is 0 Å². The summed E-state index contributed by atoms with van der Waals surface area (Å²) >= 11 is 0. The van der Waals surface area contributed by atoms with Crippen molar-refractivity contribution in [2.75, 3.05) is 7.11 Å². The van der Waals surface area contributed by atoms with Gasteiger partial charge in [0, 0.05) is 5.92 Å². The van der Waals surface area contributed by atoms with Crippen molar-refractivity contribution in [2.45, 2.75) is 45.7 Å². The first-order chi connectivity index (χ1) is 13.4. The van der Waals surface area contributed by atoms with Crippen molar-refractivity contribution < 1.29 is 23.8 Å². The van der Waals surface area contributed by atoms with Gasteiger partial charge in [0.25, 0.3) is 0 Å². The molecule has 0 saturated heterocycles. The highest BCUT2D eigenvalue weighted by Crippen LogP contribution is 2.43. The normalized spacial score (nSPS) is 24.2. The summed E-state index contributed by atoms with van der Waals surface area (Å²) in [6, 6.07) is 9.90. The molecule has 3 rings (SSSR count). The van der Waals surface area contributed by atoms with E-state index in [1.54, 1.807) is 6.21 Å². The Morgan fingerprint density at radius 2 is 2.04 bits per heavy atom. The monoisotopic (exact) mass is 385 g/mol. The van der Waals surface area contributed by atoms with E-state index in [1.165, 1.54) is 13.4 Å². The van der Waals surface area contributed by atoms with Crippen molar-refractivity contribution in [1.82, 2.24) is 0 Å². The molecular formula is C22H27NO5. The average Bonchev–Trinajstić information content (AvgIpc) is 3.09. The number of carbonyl (C=O) groups is 1. The van der Waals surface area contributed by atoms with E-state index in [9.17, 15) is 4.79 Å². The Morgan fingerprint density at radius 3 is 2.71 bits per heavy atom. The van der Waals surface area contributed by atoms with Gasteiger partial charge in [-0.05, 0) is 38.3 Å². The molecule has 1 aliphatic heterocycles. The predicted molar refractivity (Wildman–Crippen MR) is 105 cm³/mol. The number of ether oxygens (including phenoxy) is 3. The minimum absolute atomic E-state index is 0.0712. The van der Waals surface area contributed by atoms with E-state index < -0.39 is 6.29 Å². The van der Waals surface area contributed by atoms with Crippen molar-refractivity contribution in [2.24, 2.45) is 17.0 Å². The molecule has 0 aromatic heterocycles. The van der Waals surface area contributed by atoms with Gasteiger partial charge in [0.15, 0.2) is 0 Å². The van der Waals surface area contributed by atoms with Gasteiger partial charge in [-0.3, -0.25) is 0 Å². The van der Waals surface area contributed by atoms with Gasteiger partial charge >= 0.3 is 5.97 Å². The number of fused-ring (bicyclic) bond motifs is 1. The number of esters is 1. The van der Waals surface area contributed by atoms with Gasteiger partial charge in [-0.2, -0.15) is 0 Å². The summed E-state index contributed by atoms with van der Waals surface area (Å²) in [5.74, 6) is -0.609. The van der Waals surface area contributed by atoms with Crippen molar-refractivity contribution in [3.8, 4) is 0 Å². The van der Waals surface area contributed by atoms with Crippen molar-refractivity contribution >= 4 is 12.2 Å². The van der Waals surface area contributed by atoms with Crippen LogP contribution < -0.4 is 0 Å². The summed E-state index contributed by atoms with van der Waals surface area (Å²) < 4.78 is 16.8. The van der Waals surface area contributed by atoms with Crippen LogP contribution in [0.1, 0.15) is 32.8 Å². The predicted octanol–water partition coefficient (Wildman–Crippen LogP) is 3.98. The quantitative estimate of drug-likeness (QED) is 0.421. The summed E-state index contributed by atoms with van der Waals surface area (Å²) in [4.78, 5) is 17.6. The molecule has 150 valence electrons. The minimum Gasteiger partial charge on any atom is -0.471 e. The number of hydrogen-bond acceptors (Lipinski definition) is 6. The second kappa shape index (κ2) is 8.61. The number of rotatable bonds is 6. The Balaban J connectivity index is 1.77. The average molecular weight is 385 g/mol. The van der Waals surface area contributed by atoms with Crippen LogP contribution in [0.3, 0.4) is 0 Å². The fourth-order valence-corrected chi connectivity index (χ4v) is 3.35. The molecule has 1 aliphatic carbocycles. The summed E-state index contributed by atoms with van der Waals surface area (Å²) in [6.45, 7) is 6.22. The highest BCUT2D eigenvalue weighted by Gasteiger charge is 2.44. The fourth-order valence-electron chi connectivity index (χ4n) is 3.35. The molecule has 6 heteroatoms. The smallest absolute Gasteiger partial charge is 0.337 e. The van der Waals surface area contributed by atoms with Gasteiger partial charge in [-0.1, -0.05) is 41.6 Å². The van der Waals surface area contributed by atoms with Crippen LogP contribution in [0.4, 0.5) is 0 Å². The molecule has 6 nitrogen and oxygen atoms in total. The van der Waals surface area contributed by atoms with E-state index in [4.69, 9.17) is 19.0 Å². The third-order valence-corrected chi connectivity index (χ3v) is 4.65. The Bertz CT molecular complexity index is 776. The highest BCUT2D eigenvalue weighted by atomic mass is 16.7. The first kappa shape index (κ1) is 20.1. The van der Waals surface area contributed by atoms with E-state index in [1.807, 2.05) is 51.1 Å². The second-order valence-corrected chi connectivity index (χ2v) is 7.88. The van der Waals surface area contributed by atoms with E-state index in [0.717, 1.165) is 11.1 Å². The summed E-state index contributed by atoms with van der Waals surface area (Å²) in [5.41, 5.74) is 2.13. The lowest BCUT2D eigenvalue weighted by atomic mass is 9.83. The van der Waals surface area contributed by atoms with Gasteiger partial charge < -0.3 is 19.0 Å². The number of benzene rings is 1. The summed E-state index contributed by atoms with van der Waals surface area (Å²) in [5, 5.41) is 4.12. The first-order valence-corrected chi connectivity index (χ1v) is 9.40. The number of methoxy groups -OCH3 is 1. The molecule has 1 aromatic rings. The van der Waals surface area contributed by atoms with E-state index >= 15 is 0 Å². The topological polar surface area (TPSA) is 66.4 Å². The molecule has 1 aromatic carbocycles. The van der Waals surface area contributed by atoms with Gasteiger partial charge in [0.2, 0.25) is 6.29 Å². The van der Waals surface area contributed by atoms with Crippen LogP contribution in [0.5, 0.6) is 0 Å². The summed E-state index contributed by atoms with van der Waals surface area (Å²) in [6.07, 6.45) is 5.39. The van der Waals surface area contributed by atoms with Crippen LogP contribution in [0.25, 0.3) is 0 Å². The molecule has 28 heavy (non-hydrogen) atoms. The van der Waals surface area contributed by atoms with Gasteiger partial charge in [0.05, 0.1) is 37.7 Å². The largest absolute Gasteiger partial charge is 0.471 e. The zero-order valence-corrected chi connectivity index (χ0v) is 16.8. The SMILES string of the molecule is COC(=O)C1=COC(OCc2ccccc2)C2C(/C=N/OC(C)(C)C)=CCC12. The molecule has 0 bridgehead atoms. The maximum absolute atomic E-state index is 12.2. The van der Waals surface area contributed by atoms with Crippen LogP contribution in [0.15, 0.2) is 59.0 Å². The third kappa shape index (κ3) is 4.81. The molecule has 3 unspecified atom stereocenters.